The van der Waals surface area contributed by atoms with E-state index in [4.69, 9.17) is 37.0 Å². The molecule has 0 spiro atoms. The molecule has 0 aromatic carbocycles. The van der Waals surface area contributed by atoms with Crippen molar-refractivity contribution in [1.82, 2.24) is 0 Å². The van der Waals surface area contributed by atoms with E-state index in [9.17, 15) is 43.2 Å². The van der Waals surface area contributed by atoms with Gasteiger partial charge in [-0.05, 0) is 37.5 Å². The van der Waals surface area contributed by atoms with E-state index in [1.807, 2.05) is 0 Å². The SMILES string of the molecule is CCCCCCCCCCCCCCCCCCCCCC(=O)O[C@H](COC(=O)CCCCCCCCCCCCCCCCC(C)C)COP(=O)(O)OC[C@@H](O)COP(=O)(O)OC[C@@H](COC(=O)CCCCCCCCC(C)C)OC(=O)CCCCCCCCCCCCCCCCC. The highest BCUT2D eigenvalue weighted by atomic mass is 31.2. The number of phosphoric acid groups is 2. The molecule has 0 rings (SSSR count). The number of ether oxygens (including phenoxy) is 4. The van der Waals surface area contributed by atoms with Crippen LogP contribution in [0.4, 0.5) is 0 Å². The summed E-state index contributed by atoms with van der Waals surface area (Å²) in [5.74, 6) is -0.631. The van der Waals surface area contributed by atoms with Gasteiger partial charge in [-0.25, -0.2) is 9.13 Å². The van der Waals surface area contributed by atoms with Crippen LogP contribution in [0.25, 0.3) is 0 Å². The van der Waals surface area contributed by atoms with Gasteiger partial charge in [0, 0.05) is 25.7 Å². The third-order valence-corrected chi connectivity index (χ3v) is 20.9. The van der Waals surface area contributed by atoms with Gasteiger partial charge < -0.3 is 33.8 Å². The molecule has 0 aromatic heterocycles. The topological polar surface area (TPSA) is 237 Å². The first kappa shape index (κ1) is 98.1. The number of carbonyl (C=O) groups is 4. The predicted octanol–water partition coefficient (Wildman–Crippen LogP) is 24.3. The van der Waals surface area contributed by atoms with Gasteiger partial charge in [0.05, 0.1) is 26.4 Å². The number of rotatable bonds is 80. The minimum Gasteiger partial charge on any atom is -0.462 e. The number of phosphoric ester groups is 2. The molecule has 0 bridgehead atoms. The molecule has 19 heteroatoms. The molecule has 2 unspecified atom stereocenters. The normalized spacial score (nSPS) is 13.9. The fourth-order valence-corrected chi connectivity index (χ4v) is 14.1. The van der Waals surface area contributed by atoms with Gasteiger partial charge in [-0.15, -0.1) is 0 Å². The summed E-state index contributed by atoms with van der Waals surface area (Å²) in [5, 5.41) is 10.6. The molecule has 0 saturated carbocycles. The first-order chi connectivity index (χ1) is 48.4. The Morgan fingerprint density at radius 2 is 0.460 bits per heavy atom. The monoisotopic (exact) mass is 1470 g/mol. The van der Waals surface area contributed by atoms with Crippen molar-refractivity contribution in [3.8, 4) is 0 Å². The molecule has 0 heterocycles. The summed E-state index contributed by atoms with van der Waals surface area (Å²) in [5.41, 5.74) is 0. The molecule has 0 aliphatic rings. The minimum atomic E-state index is -4.96. The first-order valence-corrected chi connectivity index (χ1v) is 45.0. The summed E-state index contributed by atoms with van der Waals surface area (Å²) < 4.78 is 68.7. The van der Waals surface area contributed by atoms with Crippen LogP contribution >= 0.6 is 15.6 Å². The van der Waals surface area contributed by atoms with E-state index in [-0.39, 0.29) is 25.7 Å². The van der Waals surface area contributed by atoms with Gasteiger partial charge in [0.25, 0.3) is 0 Å². The van der Waals surface area contributed by atoms with Gasteiger partial charge in [-0.2, -0.15) is 0 Å². The minimum absolute atomic E-state index is 0.107. The van der Waals surface area contributed by atoms with Crippen molar-refractivity contribution >= 4 is 39.5 Å². The van der Waals surface area contributed by atoms with Crippen molar-refractivity contribution in [2.24, 2.45) is 11.8 Å². The number of aliphatic hydroxyl groups excluding tert-OH is 1. The standard InChI is InChI=1S/C81H158O17P2/c1-7-9-11-13-15-17-19-21-23-24-25-26-28-34-38-42-46-54-60-65-80(85)97-76(69-91-78(83)63-57-51-44-40-36-32-30-29-31-35-39-43-49-55-61-73(3)4)71-95-99(87,88)93-67-75(82)68-94-100(89,90)96-72-77(70-92-79(84)64-58-52-48-47-50-56-62-74(5)6)98-81(86)66-59-53-45-41-37-33-27-22-20-18-16-14-12-10-8-2/h73-77,82H,7-72H2,1-6H3,(H,87,88)(H,89,90)/t75-,76-,77-/m1/s1. The van der Waals surface area contributed by atoms with Gasteiger partial charge in [0.1, 0.15) is 19.3 Å². The zero-order chi connectivity index (χ0) is 73.5. The lowest BCUT2D eigenvalue weighted by molar-refractivity contribution is -0.161. The Kier molecular flexibility index (Phi) is 71.2. The molecular formula is C81H158O17P2. The zero-order valence-corrected chi connectivity index (χ0v) is 67.3. The summed E-state index contributed by atoms with van der Waals surface area (Å²) in [6.07, 6.45) is 62.6. The summed E-state index contributed by atoms with van der Waals surface area (Å²) in [6.45, 7) is 9.58. The van der Waals surface area contributed by atoms with E-state index in [1.54, 1.807) is 0 Å². The van der Waals surface area contributed by atoms with Gasteiger partial charge >= 0.3 is 39.5 Å². The van der Waals surface area contributed by atoms with Crippen molar-refractivity contribution < 1.29 is 80.2 Å². The third kappa shape index (κ3) is 74.3. The van der Waals surface area contributed by atoms with Crippen LogP contribution in [0.1, 0.15) is 427 Å². The van der Waals surface area contributed by atoms with Gasteiger partial charge in [-0.1, -0.05) is 375 Å². The first-order valence-electron chi connectivity index (χ1n) is 42.0. The van der Waals surface area contributed by atoms with Crippen molar-refractivity contribution in [2.75, 3.05) is 39.6 Å². The Morgan fingerprint density at radius 3 is 0.680 bits per heavy atom. The summed E-state index contributed by atoms with van der Waals surface area (Å²) in [6, 6.07) is 0. The van der Waals surface area contributed by atoms with Crippen LogP contribution in [-0.4, -0.2) is 96.7 Å². The van der Waals surface area contributed by atoms with Gasteiger partial charge in [0.15, 0.2) is 12.2 Å². The van der Waals surface area contributed by atoms with Crippen LogP contribution in [0.3, 0.4) is 0 Å². The lowest BCUT2D eigenvalue weighted by Crippen LogP contribution is -2.30. The molecule has 3 N–H and O–H groups in total. The molecule has 0 aliphatic heterocycles. The fraction of sp³-hybridized carbons (Fsp3) is 0.951. The molecule has 0 radical (unpaired) electrons. The number of carbonyl (C=O) groups excluding carboxylic acids is 4. The average molecular weight is 1470 g/mol. The van der Waals surface area contributed by atoms with Crippen molar-refractivity contribution in [2.45, 2.75) is 445 Å². The highest BCUT2D eigenvalue weighted by molar-refractivity contribution is 7.47. The van der Waals surface area contributed by atoms with Gasteiger partial charge in [-0.3, -0.25) is 37.3 Å². The predicted molar refractivity (Wildman–Crippen MR) is 409 cm³/mol. The molecule has 0 fully saturated rings. The second kappa shape index (κ2) is 72.6. The van der Waals surface area contributed by atoms with E-state index in [1.165, 1.54) is 238 Å². The van der Waals surface area contributed by atoms with E-state index >= 15 is 0 Å². The molecule has 100 heavy (non-hydrogen) atoms. The number of hydrogen-bond donors (Lipinski definition) is 3. The largest absolute Gasteiger partial charge is 0.472 e. The molecule has 5 atom stereocenters. The summed E-state index contributed by atoms with van der Waals surface area (Å²) >= 11 is 0. The third-order valence-electron chi connectivity index (χ3n) is 19.0. The van der Waals surface area contributed by atoms with Crippen LogP contribution in [0.5, 0.6) is 0 Å². The van der Waals surface area contributed by atoms with E-state index in [2.05, 4.69) is 41.5 Å². The lowest BCUT2D eigenvalue weighted by Gasteiger charge is -2.21. The second-order valence-electron chi connectivity index (χ2n) is 30.1. The Bertz CT molecular complexity index is 1920. The fourth-order valence-electron chi connectivity index (χ4n) is 12.5. The summed E-state index contributed by atoms with van der Waals surface area (Å²) in [4.78, 5) is 73.0. The lowest BCUT2D eigenvalue weighted by atomic mass is 10.0. The number of hydrogen-bond acceptors (Lipinski definition) is 15. The zero-order valence-electron chi connectivity index (χ0n) is 65.5. The second-order valence-corrected chi connectivity index (χ2v) is 33.0. The number of esters is 4. The molecule has 17 nitrogen and oxygen atoms in total. The van der Waals surface area contributed by atoms with Crippen LogP contribution in [-0.2, 0) is 65.4 Å². The maximum atomic E-state index is 13.1. The smallest absolute Gasteiger partial charge is 0.462 e. The van der Waals surface area contributed by atoms with Crippen molar-refractivity contribution in [3.63, 3.8) is 0 Å². The summed E-state index contributed by atoms with van der Waals surface area (Å²) in [7, 11) is -9.92. The molecule has 0 aliphatic carbocycles. The highest BCUT2D eigenvalue weighted by Gasteiger charge is 2.30. The van der Waals surface area contributed by atoms with E-state index < -0.39 is 97.5 Å². The van der Waals surface area contributed by atoms with Gasteiger partial charge in [0.2, 0.25) is 0 Å². The Balaban J connectivity index is 5.22. The number of aliphatic hydroxyl groups is 1. The molecular weight excluding hydrogens is 1310 g/mol. The molecule has 594 valence electrons. The Hall–Kier alpha value is -1.94. The van der Waals surface area contributed by atoms with Crippen LogP contribution < -0.4 is 0 Å². The van der Waals surface area contributed by atoms with Crippen LogP contribution in [0.2, 0.25) is 0 Å². The molecule has 0 amide bonds. The highest BCUT2D eigenvalue weighted by Crippen LogP contribution is 2.45. The molecule has 0 aromatic rings. The van der Waals surface area contributed by atoms with E-state index in [0.717, 1.165) is 102 Å². The van der Waals surface area contributed by atoms with Crippen molar-refractivity contribution in [1.29, 1.82) is 0 Å². The molecule has 0 saturated heterocycles. The quantitative estimate of drug-likeness (QED) is 0.0222. The maximum absolute atomic E-state index is 13.1. The average Bonchev–Trinajstić information content (AvgIpc) is 0.987. The van der Waals surface area contributed by atoms with Crippen LogP contribution in [0.15, 0.2) is 0 Å². The van der Waals surface area contributed by atoms with E-state index in [0.29, 0.717) is 31.6 Å². The number of unbranched alkanes of at least 4 members (excludes halogenated alkanes) is 50. The maximum Gasteiger partial charge on any atom is 0.472 e. The Labute approximate surface area is 613 Å². The van der Waals surface area contributed by atoms with Crippen molar-refractivity contribution in [3.05, 3.63) is 0 Å². The Morgan fingerprint density at radius 1 is 0.270 bits per heavy atom. The van der Waals surface area contributed by atoms with Crippen LogP contribution in [0, 0.1) is 11.8 Å².